The number of rotatable bonds is 8. The second-order valence-electron chi connectivity index (χ2n) is 4.46. The summed E-state index contributed by atoms with van der Waals surface area (Å²) < 4.78 is 0. The molecule has 0 aliphatic carbocycles. The van der Waals surface area contributed by atoms with Gasteiger partial charge in [0.1, 0.15) is 6.04 Å². The summed E-state index contributed by atoms with van der Waals surface area (Å²) in [5.74, 6) is -1.40. The second kappa shape index (κ2) is 7.83. The highest BCUT2D eigenvalue weighted by molar-refractivity contribution is 5.83. The molecule has 1 aromatic carbocycles. The van der Waals surface area contributed by atoms with E-state index in [1.807, 2.05) is 0 Å². The number of nitrogens with one attached hydrogen (secondary N) is 2. The maximum Gasteiger partial charge on any atom is 0.325 e. The SMILES string of the molecule is C[C@H](NC(=O)CCCNc1ccc([N+](=O)[O-])cc1)C(=O)O. The predicted octanol–water partition coefficient (Wildman–Crippen LogP) is 1.38. The van der Waals surface area contributed by atoms with Gasteiger partial charge < -0.3 is 15.7 Å². The summed E-state index contributed by atoms with van der Waals surface area (Å²) in [5.41, 5.74) is 0.738. The number of anilines is 1. The van der Waals surface area contributed by atoms with Gasteiger partial charge in [-0.25, -0.2) is 0 Å². The normalized spacial score (nSPS) is 11.5. The molecule has 0 bridgehead atoms. The maximum atomic E-state index is 11.4. The molecule has 0 spiro atoms. The van der Waals surface area contributed by atoms with Gasteiger partial charge in [0.05, 0.1) is 4.92 Å². The third kappa shape index (κ3) is 5.89. The van der Waals surface area contributed by atoms with E-state index in [9.17, 15) is 19.7 Å². The van der Waals surface area contributed by atoms with E-state index in [-0.39, 0.29) is 18.0 Å². The number of carbonyl (C=O) groups excluding carboxylic acids is 1. The molecule has 21 heavy (non-hydrogen) atoms. The van der Waals surface area contributed by atoms with Crippen LogP contribution in [0.1, 0.15) is 19.8 Å². The van der Waals surface area contributed by atoms with Crippen molar-refractivity contribution in [1.29, 1.82) is 0 Å². The molecule has 0 fully saturated rings. The molecule has 0 heterocycles. The molecule has 0 saturated carbocycles. The zero-order valence-corrected chi connectivity index (χ0v) is 11.5. The van der Waals surface area contributed by atoms with Gasteiger partial charge in [-0.1, -0.05) is 0 Å². The molecule has 114 valence electrons. The molecule has 0 aromatic heterocycles. The first-order valence-corrected chi connectivity index (χ1v) is 6.40. The zero-order chi connectivity index (χ0) is 15.8. The number of carboxylic acid groups (broad SMARTS) is 1. The summed E-state index contributed by atoms with van der Waals surface area (Å²) in [6.45, 7) is 1.90. The maximum absolute atomic E-state index is 11.4. The third-order valence-corrected chi connectivity index (χ3v) is 2.74. The average molecular weight is 295 g/mol. The smallest absolute Gasteiger partial charge is 0.325 e. The first-order valence-electron chi connectivity index (χ1n) is 6.40. The molecule has 8 heteroatoms. The van der Waals surface area contributed by atoms with E-state index in [0.717, 1.165) is 5.69 Å². The van der Waals surface area contributed by atoms with E-state index in [4.69, 9.17) is 5.11 Å². The van der Waals surface area contributed by atoms with E-state index in [1.54, 1.807) is 12.1 Å². The topological polar surface area (TPSA) is 122 Å². The van der Waals surface area contributed by atoms with Crippen molar-refractivity contribution in [3.8, 4) is 0 Å². The Labute approximate surface area is 121 Å². The molecular formula is C13H17N3O5. The standard InChI is InChI=1S/C13H17N3O5/c1-9(13(18)19)15-12(17)3-2-8-14-10-4-6-11(7-5-10)16(20)21/h4-7,9,14H,2-3,8H2,1H3,(H,15,17)(H,18,19)/t9-/m0/s1. The first-order chi connectivity index (χ1) is 9.90. The van der Waals surface area contributed by atoms with Crippen molar-refractivity contribution < 1.29 is 19.6 Å². The van der Waals surface area contributed by atoms with Crippen molar-refractivity contribution in [3.05, 3.63) is 34.4 Å². The van der Waals surface area contributed by atoms with Gasteiger partial charge in [0, 0.05) is 30.8 Å². The minimum Gasteiger partial charge on any atom is -0.480 e. The van der Waals surface area contributed by atoms with E-state index < -0.39 is 16.9 Å². The predicted molar refractivity (Wildman–Crippen MR) is 76.1 cm³/mol. The van der Waals surface area contributed by atoms with Crippen LogP contribution >= 0.6 is 0 Å². The lowest BCUT2D eigenvalue weighted by Crippen LogP contribution is -2.38. The summed E-state index contributed by atoms with van der Waals surface area (Å²) in [6.07, 6.45) is 0.729. The van der Waals surface area contributed by atoms with E-state index in [2.05, 4.69) is 10.6 Å². The molecule has 1 rings (SSSR count). The number of hydrogen-bond donors (Lipinski definition) is 3. The molecule has 0 aliphatic rings. The van der Waals surface area contributed by atoms with Gasteiger partial charge >= 0.3 is 5.97 Å². The fraction of sp³-hybridized carbons (Fsp3) is 0.385. The van der Waals surface area contributed by atoms with Crippen LogP contribution in [0.2, 0.25) is 0 Å². The number of aliphatic carboxylic acids is 1. The number of benzene rings is 1. The Kier molecular flexibility index (Phi) is 6.12. The molecule has 0 unspecified atom stereocenters. The molecule has 0 radical (unpaired) electrons. The minimum atomic E-state index is -1.08. The Balaban J connectivity index is 2.26. The van der Waals surface area contributed by atoms with Gasteiger partial charge in [-0.05, 0) is 25.5 Å². The van der Waals surface area contributed by atoms with E-state index >= 15 is 0 Å². The molecule has 0 saturated heterocycles. The lowest BCUT2D eigenvalue weighted by molar-refractivity contribution is -0.384. The van der Waals surface area contributed by atoms with Crippen molar-refractivity contribution in [2.24, 2.45) is 0 Å². The number of nitrogens with zero attached hydrogens (tertiary/aromatic N) is 1. The van der Waals surface area contributed by atoms with Crippen LogP contribution in [0.3, 0.4) is 0 Å². The van der Waals surface area contributed by atoms with Gasteiger partial charge in [0.25, 0.3) is 5.69 Å². The highest BCUT2D eigenvalue weighted by atomic mass is 16.6. The van der Waals surface area contributed by atoms with Crippen molar-refractivity contribution in [2.75, 3.05) is 11.9 Å². The Morgan fingerprint density at radius 3 is 2.48 bits per heavy atom. The van der Waals surface area contributed by atoms with Crippen molar-refractivity contribution in [2.45, 2.75) is 25.8 Å². The first kappa shape index (κ1) is 16.4. The van der Waals surface area contributed by atoms with Crippen LogP contribution in [0.4, 0.5) is 11.4 Å². The van der Waals surface area contributed by atoms with Gasteiger partial charge in [0.2, 0.25) is 5.91 Å². The van der Waals surface area contributed by atoms with Crippen molar-refractivity contribution in [3.63, 3.8) is 0 Å². The Morgan fingerprint density at radius 2 is 1.95 bits per heavy atom. The average Bonchev–Trinajstić information content (AvgIpc) is 2.44. The number of amides is 1. The van der Waals surface area contributed by atoms with E-state index in [0.29, 0.717) is 13.0 Å². The largest absolute Gasteiger partial charge is 0.480 e. The zero-order valence-electron chi connectivity index (χ0n) is 11.5. The van der Waals surface area contributed by atoms with Gasteiger partial charge in [-0.3, -0.25) is 19.7 Å². The summed E-state index contributed by atoms with van der Waals surface area (Å²) >= 11 is 0. The van der Waals surface area contributed by atoms with Gasteiger partial charge in [-0.15, -0.1) is 0 Å². The van der Waals surface area contributed by atoms with Gasteiger partial charge in [0.15, 0.2) is 0 Å². The Morgan fingerprint density at radius 1 is 1.33 bits per heavy atom. The molecular weight excluding hydrogens is 278 g/mol. The lowest BCUT2D eigenvalue weighted by Gasteiger charge is -2.09. The number of non-ortho nitro benzene ring substituents is 1. The Hall–Kier alpha value is -2.64. The minimum absolute atomic E-state index is 0.0163. The highest BCUT2D eigenvalue weighted by Gasteiger charge is 2.13. The van der Waals surface area contributed by atoms with Crippen LogP contribution in [0.15, 0.2) is 24.3 Å². The van der Waals surface area contributed by atoms with Crippen LogP contribution in [0.25, 0.3) is 0 Å². The molecule has 8 nitrogen and oxygen atoms in total. The summed E-state index contributed by atoms with van der Waals surface area (Å²) in [6, 6.07) is 5.06. The summed E-state index contributed by atoms with van der Waals surface area (Å²) in [5, 5.41) is 24.5. The molecule has 3 N–H and O–H groups in total. The number of hydrogen-bond acceptors (Lipinski definition) is 5. The summed E-state index contributed by atoms with van der Waals surface area (Å²) in [7, 11) is 0. The number of nitro groups is 1. The Bertz CT molecular complexity index is 515. The fourth-order valence-electron chi connectivity index (χ4n) is 1.56. The highest BCUT2D eigenvalue weighted by Crippen LogP contribution is 2.15. The van der Waals surface area contributed by atoms with E-state index in [1.165, 1.54) is 19.1 Å². The lowest BCUT2D eigenvalue weighted by atomic mass is 10.2. The molecule has 0 aliphatic heterocycles. The third-order valence-electron chi connectivity index (χ3n) is 2.74. The van der Waals surface area contributed by atoms with Crippen LogP contribution < -0.4 is 10.6 Å². The number of nitro benzene ring substituents is 1. The van der Waals surface area contributed by atoms with Crippen LogP contribution in [-0.4, -0.2) is 34.5 Å². The number of carboxylic acids is 1. The summed E-state index contributed by atoms with van der Waals surface area (Å²) in [4.78, 5) is 32.0. The molecule has 1 atom stereocenters. The fourth-order valence-corrected chi connectivity index (χ4v) is 1.56. The van der Waals surface area contributed by atoms with Gasteiger partial charge in [-0.2, -0.15) is 0 Å². The second-order valence-corrected chi connectivity index (χ2v) is 4.46. The quantitative estimate of drug-likeness (QED) is 0.378. The van der Waals surface area contributed by atoms with Crippen molar-refractivity contribution in [1.82, 2.24) is 5.32 Å². The van der Waals surface area contributed by atoms with Crippen LogP contribution in [-0.2, 0) is 9.59 Å². The monoisotopic (exact) mass is 295 g/mol. The molecule has 1 aromatic rings. The van der Waals surface area contributed by atoms with Crippen LogP contribution in [0.5, 0.6) is 0 Å². The van der Waals surface area contributed by atoms with Crippen LogP contribution in [0, 0.1) is 10.1 Å². The number of carbonyl (C=O) groups is 2. The molecule has 1 amide bonds. The van der Waals surface area contributed by atoms with Crippen molar-refractivity contribution >= 4 is 23.3 Å².